The maximum atomic E-state index is 11.7. The van der Waals surface area contributed by atoms with Crippen LogP contribution in [0, 0.1) is 0 Å². The molecule has 1 aliphatic rings. The molecule has 0 bridgehead atoms. The molecule has 4 nitrogen and oxygen atoms in total. The molecule has 1 heterocycles. The van der Waals surface area contributed by atoms with Crippen LogP contribution in [0.5, 0.6) is 0 Å². The lowest BCUT2D eigenvalue weighted by molar-refractivity contribution is 0.0596. The second kappa shape index (κ2) is 5.29. The maximum absolute atomic E-state index is 11.7. The lowest BCUT2D eigenvalue weighted by Gasteiger charge is -2.34. The zero-order valence-corrected chi connectivity index (χ0v) is 10.3. The molecule has 1 fully saturated rings. The summed E-state index contributed by atoms with van der Waals surface area (Å²) in [6.45, 7) is 2.85. The molecule has 1 aromatic rings. The third-order valence-electron chi connectivity index (χ3n) is 3.24. The van der Waals surface area contributed by atoms with Crippen molar-refractivity contribution in [2.75, 3.05) is 33.8 Å². The summed E-state index contributed by atoms with van der Waals surface area (Å²) >= 11 is 0. The van der Waals surface area contributed by atoms with E-state index in [1.165, 1.54) is 7.11 Å². The quantitative estimate of drug-likeness (QED) is 0.777. The van der Waals surface area contributed by atoms with Crippen molar-refractivity contribution in [1.82, 2.24) is 10.2 Å². The number of carbonyl (C=O) groups is 1. The van der Waals surface area contributed by atoms with E-state index >= 15 is 0 Å². The Hall–Kier alpha value is -1.39. The third-order valence-corrected chi connectivity index (χ3v) is 3.24. The van der Waals surface area contributed by atoms with E-state index in [2.05, 4.69) is 17.3 Å². The number of likely N-dealkylation sites (N-methyl/N-ethyl adjacent to an activating group) is 1. The van der Waals surface area contributed by atoms with Crippen molar-refractivity contribution >= 4 is 5.97 Å². The molecule has 0 spiro atoms. The standard InChI is InChI=1S/C13H18N2O2/c1-15-8-7-14-9-12(15)10-5-3-4-6-11(10)13(16)17-2/h3-6,12,14H,7-9H2,1-2H3. The number of hydrogen-bond donors (Lipinski definition) is 1. The smallest absolute Gasteiger partial charge is 0.338 e. The number of benzene rings is 1. The van der Waals surface area contributed by atoms with E-state index in [0.717, 1.165) is 25.2 Å². The van der Waals surface area contributed by atoms with Gasteiger partial charge in [0, 0.05) is 25.7 Å². The molecule has 1 saturated heterocycles. The number of methoxy groups -OCH3 is 1. The topological polar surface area (TPSA) is 41.6 Å². The highest BCUT2D eigenvalue weighted by Gasteiger charge is 2.24. The van der Waals surface area contributed by atoms with Gasteiger partial charge in [-0.2, -0.15) is 0 Å². The second-order valence-corrected chi connectivity index (χ2v) is 4.28. The second-order valence-electron chi connectivity index (χ2n) is 4.28. The average molecular weight is 234 g/mol. The molecule has 1 aromatic carbocycles. The van der Waals surface area contributed by atoms with Crippen molar-refractivity contribution in [3.63, 3.8) is 0 Å². The highest BCUT2D eigenvalue weighted by atomic mass is 16.5. The summed E-state index contributed by atoms with van der Waals surface area (Å²) in [4.78, 5) is 14.0. The first-order chi connectivity index (χ1) is 8.24. The Morgan fingerprint density at radius 3 is 2.94 bits per heavy atom. The number of nitrogens with one attached hydrogen (secondary N) is 1. The van der Waals surface area contributed by atoms with Crippen LogP contribution in [0.3, 0.4) is 0 Å². The van der Waals surface area contributed by atoms with Crippen LogP contribution in [0.25, 0.3) is 0 Å². The lowest BCUT2D eigenvalue weighted by Crippen LogP contribution is -2.44. The van der Waals surface area contributed by atoms with Gasteiger partial charge in [-0.05, 0) is 18.7 Å². The first-order valence-electron chi connectivity index (χ1n) is 5.82. The van der Waals surface area contributed by atoms with Gasteiger partial charge in [-0.25, -0.2) is 4.79 Å². The summed E-state index contributed by atoms with van der Waals surface area (Å²) in [5.41, 5.74) is 1.70. The summed E-state index contributed by atoms with van der Waals surface area (Å²) in [7, 11) is 3.50. The van der Waals surface area contributed by atoms with E-state index < -0.39 is 0 Å². The van der Waals surface area contributed by atoms with Gasteiger partial charge < -0.3 is 10.1 Å². The van der Waals surface area contributed by atoms with Gasteiger partial charge in [-0.3, -0.25) is 4.90 Å². The Kier molecular flexibility index (Phi) is 3.76. The Morgan fingerprint density at radius 1 is 1.47 bits per heavy atom. The first-order valence-corrected chi connectivity index (χ1v) is 5.82. The van der Waals surface area contributed by atoms with Gasteiger partial charge in [-0.15, -0.1) is 0 Å². The third kappa shape index (κ3) is 2.48. The van der Waals surface area contributed by atoms with E-state index in [1.54, 1.807) is 0 Å². The minimum atomic E-state index is -0.264. The van der Waals surface area contributed by atoms with Gasteiger partial charge in [0.2, 0.25) is 0 Å². The van der Waals surface area contributed by atoms with Crippen molar-refractivity contribution in [3.05, 3.63) is 35.4 Å². The van der Waals surface area contributed by atoms with Crippen molar-refractivity contribution in [2.24, 2.45) is 0 Å². The molecular formula is C13H18N2O2. The highest BCUT2D eigenvalue weighted by molar-refractivity contribution is 5.91. The Balaban J connectivity index is 2.33. The van der Waals surface area contributed by atoms with Crippen LogP contribution >= 0.6 is 0 Å². The van der Waals surface area contributed by atoms with Crippen LogP contribution in [0.15, 0.2) is 24.3 Å². The number of esters is 1. The van der Waals surface area contributed by atoms with Crippen molar-refractivity contribution < 1.29 is 9.53 Å². The van der Waals surface area contributed by atoms with Gasteiger partial charge in [0.1, 0.15) is 0 Å². The van der Waals surface area contributed by atoms with E-state index in [-0.39, 0.29) is 12.0 Å². The van der Waals surface area contributed by atoms with Crippen LogP contribution in [0.4, 0.5) is 0 Å². The molecule has 17 heavy (non-hydrogen) atoms. The predicted molar refractivity (Wildman–Crippen MR) is 66.0 cm³/mol. The fourth-order valence-electron chi connectivity index (χ4n) is 2.24. The molecule has 2 rings (SSSR count). The van der Waals surface area contributed by atoms with Gasteiger partial charge in [0.05, 0.1) is 12.7 Å². The fraction of sp³-hybridized carbons (Fsp3) is 0.462. The molecule has 0 saturated carbocycles. The molecule has 1 unspecified atom stereocenters. The van der Waals surface area contributed by atoms with E-state index in [1.807, 2.05) is 24.3 Å². The number of piperazine rings is 1. The average Bonchev–Trinajstić information content (AvgIpc) is 2.38. The molecule has 1 atom stereocenters. The van der Waals surface area contributed by atoms with E-state index in [9.17, 15) is 4.79 Å². The molecular weight excluding hydrogens is 216 g/mol. The maximum Gasteiger partial charge on any atom is 0.338 e. The highest BCUT2D eigenvalue weighted by Crippen LogP contribution is 2.24. The molecule has 0 aromatic heterocycles. The molecule has 1 aliphatic heterocycles. The lowest BCUT2D eigenvalue weighted by atomic mass is 9.98. The SMILES string of the molecule is COC(=O)c1ccccc1C1CNCCN1C. The van der Waals surface area contributed by atoms with Crippen LogP contribution < -0.4 is 5.32 Å². The number of hydrogen-bond acceptors (Lipinski definition) is 4. The van der Waals surface area contributed by atoms with Crippen molar-refractivity contribution in [2.45, 2.75) is 6.04 Å². The first kappa shape index (κ1) is 12.1. The zero-order valence-electron chi connectivity index (χ0n) is 10.3. The molecule has 1 N–H and O–H groups in total. The normalized spacial score (nSPS) is 21.2. The summed E-state index contributed by atoms with van der Waals surface area (Å²) in [5.74, 6) is -0.264. The van der Waals surface area contributed by atoms with Gasteiger partial charge >= 0.3 is 5.97 Å². The van der Waals surface area contributed by atoms with Crippen LogP contribution in [0.2, 0.25) is 0 Å². The molecule has 92 valence electrons. The fourth-order valence-corrected chi connectivity index (χ4v) is 2.24. The number of nitrogens with zero attached hydrogens (tertiary/aromatic N) is 1. The van der Waals surface area contributed by atoms with Crippen LogP contribution in [-0.2, 0) is 4.74 Å². The number of ether oxygens (including phenoxy) is 1. The van der Waals surface area contributed by atoms with Gasteiger partial charge in [0.25, 0.3) is 0 Å². The zero-order chi connectivity index (χ0) is 12.3. The molecule has 0 radical (unpaired) electrons. The van der Waals surface area contributed by atoms with Gasteiger partial charge in [-0.1, -0.05) is 18.2 Å². The number of rotatable bonds is 2. The van der Waals surface area contributed by atoms with Gasteiger partial charge in [0.15, 0.2) is 0 Å². The van der Waals surface area contributed by atoms with Crippen molar-refractivity contribution in [3.8, 4) is 0 Å². The summed E-state index contributed by atoms with van der Waals surface area (Å²) in [6, 6.07) is 7.89. The van der Waals surface area contributed by atoms with Crippen LogP contribution in [-0.4, -0.2) is 44.7 Å². The molecule has 4 heteroatoms. The van der Waals surface area contributed by atoms with E-state index in [0.29, 0.717) is 5.56 Å². The summed E-state index contributed by atoms with van der Waals surface area (Å²) in [5, 5.41) is 3.35. The summed E-state index contributed by atoms with van der Waals surface area (Å²) < 4.78 is 4.83. The summed E-state index contributed by atoms with van der Waals surface area (Å²) in [6.07, 6.45) is 0. The Morgan fingerprint density at radius 2 is 2.24 bits per heavy atom. The largest absolute Gasteiger partial charge is 0.465 e. The van der Waals surface area contributed by atoms with Crippen LogP contribution in [0.1, 0.15) is 22.0 Å². The Labute approximate surface area is 102 Å². The monoisotopic (exact) mass is 234 g/mol. The van der Waals surface area contributed by atoms with Crippen molar-refractivity contribution in [1.29, 1.82) is 0 Å². The number of carbonyl (C=O) groups excluding carboxylic acids is 1. The predicted octanol–water partition coefficient (Wildman–Crippen LogP) is 1.05. The minimum absolute atomic E-state index is 0.235. The Bertz CT molecular complexity index is 406. The van der Waals surface area contributed by atoms with E-state index in [4.69, 9.17) is 4.74 Å². The molecule has 0 aliphatic carbocycles. The molecule has 0 amide bonds. The minimum Gasteiger partial charge on any atom is -0.465 e.